The van der Waals surface area contributed by atoms with E-state index in [1.807, 2.05) is 57.5 Å². The van der Waals surface area contributed by atoms with Crippen LogP contribution in [0.4, 0.5) is 5.82 Å². The minimum absolute atomic E-state index is 0.105. The molecule has 2 fully saturated rings. The van der Waals surface area contributed by atoms with Crippen LogP contribution in [0.25, 0.3) is 11.1 Å². The summed E-state index contributed by atoms with van der Waals surface area (Å²) in [6, 6.07) is 7.87. The van der Waals surface area contributed by atoms with E-state index in [4.69, 9.17) is 19.2 Å². The summed E-state index contributed by atoms with van der Waals surface area (Å²) in [6.07, 6.45) is 5.96. The minimum atomic E-state index is -0.854. The van der Waals surface area contributed by atoms with Crippen molar-refractivity contribution in [3.05, 3.63) is 63.2 Å². The van der Waals surface area contributed by atoms with Gasteiger partial charge in [-0.3, -0.25) is 9.59 Å². The van der Waals surface area contributed by atoms with Gasteiger partial charge in [0.05, 0.1) is 12.2 Å². The Morgan fingerprint density at radius 1 is 1.11 bits per heavy atom. The predicted molar refractivity (Wildman–Crippen MR) is 186 cm³/mol. The average molecular weight is 662 g/mol. The van der Waals surface area contributed by atoms with Gasteiger partial charge in [0, 0.05) is 77.1 Å². The number of likely N-dealkylation sites (tertiary alicyclic amines) is 1. The number of hydrogen-bond donors (Lipinski definition) is 2. The van der Waals surface area contributed by atoms with Crippen LogP contribution in [-0.4, -0.2) is 77.7 Å². The largest absolute Gasteiger partial charge is 0.448 e. The van der Waals surface area contributed by atoms with Crippen LogP contribution in [0.3, 0.4) is 0 Å². The third-order valence-electron chi connectivity index (χ3n) is 9.79. The lowest BCUT2D eigenvalue weighted by Gasteiger charge is -2.38. The second-order valence-electron chi connectivity index (χ2n) is 13.3. The zero-order valence-corrected chi connectivity index (χ0v) is 29.4. The number of nitrogens with zero attached hydrogens (tertiary/aromatic N) is 3. The summed E-state index contributed by atoms with van der Waals surface area (Å²) in [5.74, 6) is 1.18. The predicted octanol–water partition coefficient (Wildman–Crippen LogP) is 5.54. The smallest absolute Gasteiger partial charge is 0.254 e. The number of anilines is 1. The molecule has 10 nitrogen and oxygen atoms in total. The maximum atomic E-state index is 13.9. The van der Waals surface area contributed by atoms with Crippen molar-refractivity contribution >= 4 is 23.5 Å². The average Bonchev–Trinajstić information content (AvgIpc) is 3.43. The van der Waals surface area contributed by atoms with Crippen molar-refractivity contribution in [2.24, 2.45) is 5.92 Å². The van der Waals surface area contributed by atoms with Crippen LogP contribution in [0.5, 0.6) is 11.5 Å². The lowest BCUT2D eigenvalue weighted by molar-refractivity contribution is -0.124. The van der Waals surface area contributed by atoms with E-state index in [0.717, 1.165) is 73.1 Å². The number of thioether (sulfide) groups is 1. The summed E-state index contributed by atoms with van der Waals surface area (Å²) in [7, 11) is 0. The molecule has 0 aliphatic carbocycles. The number of nitrogens with one attached hydrogen (secondary N) is 2. The zero-order chi connectivity index (χ0) is 33.5. The molecule has 3 aliphatic rings. The fourth-order valence-corrected chi connectivity index (χ4v) is 7.88. The first kappa shape index (κ1) is 33.4. The molecule has 0 bridgehead atoms. The van der Waals surface area contributed by atoms with E-state index in [9.17, 15) is 9.59 Å². The maximum Gasteiger partial charge on any atom is 0.254 e. The number of aromatic nitrogens is 2. The van der Waals surface area contributed by atoms with Crippen molar-refractivity contribution in [3.8, 4) is 22.6 Å². The van der Waals surface area contributed by atoms with Crippen LogP contribution in [-0.2, 0) is 11.3 Å². The van der Waals surface area contributed by atoms with Crippen molar-refractivity contribution in [1.82, 2.24) is 20.2 Å². The molecular weight excluding hydrogens is 614 g/mol. The number of benzene rings is 1. The topological polar surface area (TPSA) is 109 Å². The molecule has 2 aromatic heterocycles. The number of piperidine rings is 1. The van der Waals surface area contributed by atoms with Gasteiger partial charge in [-0.1, -0.05) is 6.92 Å². The number of ether oxygens (including phenoxy) is 3. The highest BCUT2D eigenvalue weighted by atomic mass is 32.2. The van der Waals surface area contributed by atoms with E-state index < -0.39 is 5.79 Å². The molecule has 3 atom stereocenters. The number of morpholine rings is 1. The molecule has 1 amide bonds. The van der Waals surface area contributed by atoms with E-state index in [0.29, 0.717) is 28.2 Å². The molecule has 6 rings (SSSR count). The van der Waals surface area contributed by atoms with Gasteiger partial charge >= 0.3 is 0 Å². The molecular formula is C36H47N5O5S. The van der Waals surface area contributed by atoms with Crippen LogP contribution in [0.15, 0.2) is 40.2 Å². The van der Waals surface area contributed by atoms with Crippen molar-refractivity contribution < 1.29 is 19.0 Å². The highest BCUT2D eigenvalue weighted by Gasteiger charge is 2.47. The van der Waals surface area contributed by atoms with Gasteiger partial charge < -0.3 is 34.3 Å². The van der Waals surface area contributed by atoms with E-state index in [1.165, 1.54) is 11.8 Å². The first-order valence-electron chi connectivity index (χ1n) is 16.7. The Kier molecular flexibility index (Phi) is 9.60. The number of amides is 1. The number of pyridine rings is 2. The fourth-order valence-electron chi connectivity index (χ4n) is 7.17. The molecule has 2 saturated heterocycles. The molecule has 3 aliphatic heterocycles. The van der Waals surface area contributed by atoms with Gasteiger partial charge in [-0.2, -0.15) is 0 Å². The van der Waals surface area contributed by atoms with Gasteiger partial charge in [0.15, 0.2) is 11.5 Å². The second kappa shape index (κ2) is 13.5. The number of carbonyl (C=O) groups excluding carboxylic acids is 1. The van der Waals surface area contributed by atoms with Gasteiger partial charge in [0.1, 0.15) is 5.82 Å². The number of aromatic amines is 1. The van der Waals surface area contributed by atoms with Crippen LogP contribution in [0.1, 0.15) is 67.7 Å². The zero-order valence-electron chi connectivity index (χ0n) is 28.6. The van der Waals surface area contributed by atoms with Crippen molar-refractivity contribution in [3.63, 3.8) is 0 Å². The third kappa shape index (κ3) is 6.75. The number of carbonyl (C=O) groups is 1. The molecule has 3 aromatic rings. The van der Waals surface area contributed by atoms with E-state index in [-0.39, 0.29) is 36.1 Å². The number of aryl methyl sites for hydroxylation is 1. The van der Waals surface area contributed by atoms with Crippen molar-refractivity contribution in [2.45, 2.75) is 83.8 Å². The Morgan fingerprint density at radius 2 is 1.81 bits per heavy atom. The first-order chi connectivity index (χ1) is 22.5. The van der Waals surface area contributed by atoms with Crippen molar-refractivity contribution in [1.29, 1.82) is 0 Å². The van der Waals surface area contributed by atoms with Crippen molar-refractivity contribution in [2.75, 3.05) is 43.9 Å². The summed E-state index contributed by atoms with van der Waals surface area (Å²) in [5.41, 5.74) is 3.89. The Bertz CT molecular complexity index is 1680. The van der Waals surface area contributed by atoms with Crippen LogP contribution in [0.2, 0.25) is 0 Å². The molecule has 0 saturated carbocycles. The first-order valence-corrected chi connectivity index (χ1v) is 17.9. The van der Waals surface area contributed by atoms with E-state index in [1.54, 1.807) is 0 Å². The van der Waals surface area contributed by atoms with Crippen LogP contribution >= 0.6 is 11.8 Å². The quantitative estimate of drug-likeness (QED) is 0.301. The Balaban J connectivity index is 1.34. The Hall–Kier alpha value is -3.54. The van der Waals surface area contributed by atoms with Crippen LogP contribution < -0.4 is 25.2 Å². The monoisotopic (exact) mass is 661 g/mol. The molecule has 5 heterocycles. The molecule has 2 N–H and O–H groups in total. The lowest BCUT2D eigenvalue weighted by Crippen LogP contribution is -2.48. The molecule has 1 aromatic carbocycles. The van der Waals surface area contributed by atoms with Gasteiger partial charge in [-0.25, -0.2) is 4.98 Å². The highest BCUT2D eigenvalue weighted by Crippen LogP contribution is 2.52. The third-order valence-corrected chi connectivity index (χ3v) is 10.6. The Morgan fingerprint density at radius 3 is 2.45 bits per heavy atom. The van der Waals surface area contributed by atoms with E-state index in [2.05, 4.69) is 40.9 Å². The number of fused-ring (bicyclic) bond motifs is 1. The molecule has 0 spiro atoms. The lowest BCUT2D eigenvalue weighted by atomic mass is 9.89. The molecule has 252 valence electrons. The summed E-state index contributed by atoms with van der Waals surface area (Å²) in [6.45, 7) is 16.8. The fraction of sp³-hybridized carbons (Fsp3) is 0.528. The molecule has 2 unspecified atom stereocenters. The SMILES string of the molecule is CCN1CCC(C2(C)Oc3c(-c4ccc(N5CC(C)O[C@@H](C)C5)nc4)cc(C(=O)NCc4c(SC)cc(C)[nH]c4=O)c(C)c3O2)CC1. The maximum absolute atomic E-state index is 13.9. The van der Waals surface area contributed by atoms with Gasteiger partial charge in [-0.05, 0) is 90.7 Å². The summed E-state index contributed by atoms with van der Waals surface area (Å²) in [5, 5.41) is 3.01. The highest BCUT2D eigenvalue weighted by molar-refractivity contribution is 7.98. The minimum Gasteiger partial charge on any atom is -0.448 e. The number of hydrogen-bond acceptors (Lipinski definition) is 9. The molecule has 11 heteroatoms. The summed E-state index contributed by atoms with van der Waals surface area (Å²) in [4.78, 5) is 39.9. The summed E-state index contributed by atoms with van der Waals surface area (Å²) < 4.78 is 19.5. The van der Waals surface area contributed by atoms with Gasteiger partial charge in [-0.15, -0.1) is 11.8 Å². The second-order valence-corrected chi connectivity index (χ2v) is 14.1. The normalized spacial score (nSPS) is 23.3. The number of H-pyrrole nitrogens is 1. The molecule has 47 heavy (non-hydrogen) atoms. The summed E-state index contributed by atoms with van der Waals surface area (Å²) >= 11 is 1.49. The standard InChI is InChI=1S/C36H47N5O5S/c1-8-40-13-11-26(12-14-40)36(6)45-32-24(5)27(34(42)38-18-29-30(47-7)15-21(2)39-35(29)43)16-28(33(32)46-36)25-9-10-31(37-17-25)41-19-22(3)44-23(4)20-41/h9-10,15-17,22-23,26H,8,11-14,18-20H2,1-7H3,(H,38,42)(H,39,43)/t22-,23?,36?/m0/s1. The van der Waals surface area contributed by atoms with Crippen LogP contribution in [0, 0.1) is 19.8 Å². The number of rotatable bonds is 8. The Labute approximate surface area is 281 Å². The van der Waals surface area contributed by atoms with Gasteiger partial charge in [0.2, 0.25) is 0 Å². The molecule has 0 radical (unpaired) electrons. The van der Waals surface area contributed by atoms with E-state index >= 15 is 0 Å². The van der Waals surface area contributed by atoms with Gasteiger partial charge in [0.25, 0.3) is 17.3 Å².